The first-order valence-electron chi connectivity index (χ1n) is 10.2. The molecule has 2 aliphatic rings. The summed E-state index contributed by atoms with van der Waals surface area (Å²) in [6.07, 6.45) is 9.85. The molecule has 1 saturated carbocycles. The minimum atomic E-state index is 0.478. The Bertz CT molecular complexity index is 600. The summed E-state index contributed by atoms with van der Waals surface area (Å²) in [5, 5.41) is 7.04. The molecule has 1 saturated heterocycles. The fourth-order valence-electron chi connectivity index (χ4n) is 4.36. The lowest BCUT2D eigenvalue weighted by atomic mass is 9.64. The second-order valence-electron chi connectivity index (χ2n) is 8.45. The third kappa shape index (κ3) is 4.89. The van der Waals surface area contributed by atoms with Gasteiger partial charge in [0.25, 0.3) is 0 Å². The van der Waals surface area contributed by atoms with E-state index in [0.29, 0.717) is 5.41 Å². The van der Waals surface area contributed by atoms with Crippen molar-refractivity contribution in [3.05, 3.63) is 23.9 Å². The van der Waals surface area contributed by atoms with E-state index >= 15 is 0 Å². The molecule has 0 spiro atoms. The molecule has 26 heavy (non-hydrogen) atoms. The molecule has 0 atom stereocenters. The Balaban J connectivity index is 1.50. The highest BCUT2D eigenvalue weighted by atomic mass is 15.2. The lowest BCUT2D eigenvalue weighted by Crippen LogP contribution is -2.46. The van der Waals surface area contributed by atoms with Gasteiger partial charge >= 0.3 is 0 Å². The number of anilines is 1. The predicted octanol–water partition coefficient (Wildman–Crippen LogP) is 3.56. The zero-order valence-electron chi connectivity index (χ0n) is 16.7. The van der Waals surface area contributed by atoms with E-state index in [1.807, 2.05) is 13.2 Å². The first-order chi connectivity index (χ1) is 12.6. The zero-order valence-corrected chi connectivity index (χ0v) is 16.7. The first-order valence-corrected chi connectivity index (χ1v) is 10.2. The summed E-state index contributed by atoms with van der Waals surface area (Å²) in [5.74, 6) is 2.77. The van der Waals surface area contributed by atoms with Crippen LogP contribution >= 0.6 is 0 Å². The maximum absolute atomic E-state index is 4.54. The zero-order chi connectivity index (χ0) is 18.4. The van der Waals surface area contributed by atoms with E-state index in [9.17, 15) is 0 Å². The molecular formula is C21H35N5. The summed E-state index contributed by atoms with van der Waals surface area (Å²) in [4.78, 5) is 11.3. The second kappa shape index (κ2) is 8.74. The molecule has 0 radical (unpaired) electrons. The van der Waals surface area contributed by atoms with Gasteiger partial charge in [0.15, 0.2) is 5.96 Å². The molecule has 2 heterocycles. The molecule has 0 unspecified atom stereocenters. The molecule has 1 aliphatic carbocycles. The minimum Gasteiger partial charge on any atom is -0.357 e. The highest BCUT2D eigenvalue weighted by molar-refractivity contribution is 5.79. The van der Waals surface area contributed by atoms with Crippen molar-refractivity contribution in [1.29, 1.82) is 0 Å². The number of rotatable bonds is 7. The fraction of sp³-hybridized carbons (Fsp3) is 0.714. The van der Waals surface area contributed by atoms with Crippen molar-refractivity contribution in [2.24, 2.45) is 16.3 Å². The molecular weight excluding hydrogens is 322 g/mol. The Hall–Kier alpha value is -1.78. The molecule has 2 N–H and O–H groups in total. The van der Waals surface area contributed by atoms with Crippen LogP contribution in [0.1, 0.15) is 57.9 Å². The number of guanidine groups is 1. The molecule has 1 aromatic rings. The summed E-state index contributed by atoms with van der Waals surface area (Å²) in [6, 6.07) is 4.30. The lowest BCUT2D eigenvalue weighted by Gasteiger charge is -2.43. The second-order valence-corrected chi connectivity index (χ2v) is 8.45. The van der Waals surface area contributed by atoms with Crippen molar-refractivity contribution in [2.45, 2.75) is 58.9 Å². The van der Waals surface area contributed by atoms with Crippen molar-refractivity contribution >= 4 is 11.8 Å². The molecule has 3 rings (SSSR count). The quantitative estimate of drug-likeness (QED) is 0.579. The summed E-state index contributed by atoms with van der Waals surface area (Å²) in [5.41, 5.74) is 1.73. The van der Waals surface area contributed by atoms with Crippen LogP contribution in [0.15, 0.2) is 23.3 Å². The van der Waals surface area contributed by atoms with Crippen LogP contribution in [-0.4, -0.2) is 37.6 Å². The third-order valence-electron chi connectivity index (χ3n) is 5.81. The Labute approximate surface area is 158 Å². The van der Waals surface area contributed by atoms with E-state index < -0.39 is 0 Å². The summed E-state index contributed by atoms with van der Waals surface area (Å²) >= 11 is 0. The maximum atomic E-state index is 4.54. The van der Waals surface area contributed by atoms with Gasteiger partial charge in [0.1, 0.15) is 5.82 Å². The van der Waals surface area contributed by atoms with Gasteiger partial charge in [0.05, 0.1) is 0 Å². The van der Waals surface area contributed by atoms with Crippen molar-refractivity contribution in [3.63, 3.8) is 0 Å². The molecule has 1 aromatic heterocycles. The van der Waals surface area contributed by atoms with E-state index in [2.05, 4.69) is 51.5 Å². The van der Waals surface area contributed by atoms with Crippen molar-refractivity contribution in [3.8, 4) is 0 Å². The van der Waals surface area contributed by atoms with Crippen molar-refractivity contribution < 1.29 is 0 Å². The Morgan fingerprint density at radius 1 is 1.23 bits per heavy atom. The van der Waals surface area contributed by atoms with Crippen LogP contribution in [0.2, 0.25) is 0 Å². The average molecular weight is 358 g/mol. The molecule has 1 aliphatic heterocycles. The number of hydrogen-bond donors (Lipinski definition) is 2. The molecule has 0 aromatic carbocycles. The first kappa shape index (κ1) is 19.0. The molecule has 5 heteroatoms. The topological polar surface area (TPSA) is 52.6 Å². The number of aromatic nitrogens is 1. The van der Waals surface area contributed by atoms with Gasteiger partial charge in [-0.25, -0.2) is 4.98 Å². The Morgan fingerprint density at radius 3 is 2.62 bits per heavy atom. The van der Waals surface area contributed by atoms with Gasteiger partial charge in [-0.15, -0.1) is 0 Å². The third-order valence-corrected chi connectivity index (χ3v) is 5.81. The van der Waals surface area contributed by atoms with Gasteiger partial charge in [-0.3, -0.25) is 4.99 Å². The molecule has 2 fully saturated rings. The van der Waals surface area contributed by atoms with Gasteiger partial charge in [-0.05, 0) is 61.1 Å². The van der Waals surface area contributed by atoms with Crippen LogP contribution in [0, 0.1) is 11.3 Å². The van der Waals surface area contributed by atoms with Crippen molar-refractivity contribution in [2.75, 3.05) is 31.6 Å². The predicted molar refractivity (Wildman–Crippen MR) is 110 cm³/mol. The smallest absolute Gasteiger partial charge is 0.191 e. The van der Waals surface area contributed by atoms with Crippen LogP contribution in [0.4, 0.5) is 5.82 Å². The molecule has 5 nitrogen and oxygen atoms in total. The minimum absolute atomic E-state index is 0.478. The van der Waals surface area contributed by atoms with Gasteiger partial charge in [0, 0.05) is 39.4 Å². The number of hydrogen-bond acceptors (Lipinski definition) is 3. The monoisotopic (exact) mass is 357 g/mol. The Morgan fingerprint density at radius 2 is 2.00 bits per heavy atom. The normalized spacial score (nSPS) is 19.5. The van der Waals surface area contributed by atoms with Crippen LogP contribution in [-0.2, 0) is 6.54 Å². The number of aliphatic imine (C=N–C) groups is 1. The number of pyridine rings is 1. The molecule has 144 valence electrons. The van der Waals surface area contributed by atoms with Crippen LogP contribution < -0.4 is 15.5 Å². The highest BCUT2D eigenvalue weighted by Crippen LogP contribution is 2.45. The summed E-state index contributed by atoms with van der Waals surface area (Å²) in [7, 11) is 1.85. The fourth-order valence-corrected chi connectivity index (χ4v) is 4.36. The van der Waals surface area contributed by atoms with Gasteiger partial charge in [-0.1, -0.05) is 20.3 Å². The SMILES string of the molecule is CN=C(NCc1ccnc(N2CCCC2)c1)NCC1(CC(C)C)CCC1. The molecule has 0 amide bonds. The molecule has 0 bridgehead atoms. The average Bonchev–Trinajstić information content (AvgIpc) is 3.14. The summed E-state index contributed by atoms with van der Waals surface area (Å²) < 4.78 is 0. The van der Waals surface area contributed by atoms with E-state index in [1.54, 1.807) is 0 Å². The lowest BCUT2D eigenvalue weighted by molar-refractivity contribution is 0.104. The van der Waals surface area contributed by atoms with Gasteiger partial charge in [-0.2, -0.15) is 0 Å². The van der Waals surface area contributed by atoms with Gasteiger partial charge in [0.2, 0.25) is 0 Å². The van der Waals surface area contributed by atoms with E-state index in [0.717, 1.165) is 43.9 Å². The van der Waals surface area contributed by atoms with Crippen LogP contribution in [0.3, 0.4) is 0 Å². The van der Waals surface area contributed by atoms with Gasteiger partial charge < -0.3 is 15.5 Å². The van der Waals surface area contributed by atoms with Crippen molar-refractivity contribution in [1.82, 2.24) is 15.6 Å². The standard InChI is InChI=1S/C21H35N5/c1-17(2)14-21(8-6-9-21)16-25-20(22-3)24-15-18-7-10-23-19(13-18)26-11-4-5-12-26/h7,10,13,17H,4-6,8-9,11-12,14-16H2,1-3H3,(H2,22,24,25). The largest absolute Gasteiger partial charge is 0.357 e. The van der Waals surface area contributed by atoms with Crippen LogP contribution in [0.5, 0.6) is 0 Å². The number of nitrogens with one attached hydrogen (secondary N) is 2. The highest BCUT2D eigenvalue weighted by Gasteiger charge is 2.37. The Kier molecular flexibility index (Phi) is 6.38. The van der Waals surface area contributed by atoms with E-state index in [4.69, 9.17) is 0 Å². The number of nitrogens with zero attached hydrogens (tertiary/aromatic N) is 3. The van der Waals surface area contributed by atoms with E-state index in [-0.39, 0.29) is 0 Å². The summed E-state index contributed by atoms with van der Waals surface area (Å²) in [6.45, 7) is 8.72. The maximum Gasteiger partial charge on any atom is 0.191 e. The van der Waals surface area contributed by atoms with E-state index in [1.165, 1.54) is 44.1 Å². The van der Waals surface area contributed by atoms with Crippen LogP contribution in [0.25, 0.3) is 0 Å².